The van der Waals surface area contributed by atoms with Gasteiger partial charge in [0, 0.05) is 18.7 Å². The summed E-state index contributed by atoms with van der Waals surface area (Å²) in [6.45, 7) is -0.349. The number of benzene rings is 2. The van der Waals surface area contributed by atoms with Gasteiger partial charge < -0.3 is 0 Å². The molecule has 1 aliphatic rings. The Morgan fingerprint density at radius 1 is 0.958 bits per heavy atom. The van der Waals surface area contributed by atoms with E-state index in [0.717, 1.165) is 34.6 Å². The van der Waals surface area contributed by atoms with E-state index in [1.54, 1.807) is 0 Å². The summed E-state index contributed by atoms with van der Waals surface area (Å²) in [6, 6.07) is 7.68. The molecule has 126 valence electrons. The van der Waals surface area contributed by atoms with E-state index in [4.69, 9.17) is 0 Å². The molecule has 8 heteroatoms. The fourth-order valence-corrected chi connectivity index (χ4v) is 4.15. The average molecular weight is 355 g/mol. The third kappa shape index (κ3) is 2.83. The van der Waals surface area contributed by atoms with Crippen molar-refractivity contribution in [3.8, 4) is 0 Å². The fraction of sp³-hybridized carbons (Fsp3) is 0.188. The first-order valence-corrected chi connectivity index (χ1v) is 8.48. The highest BCUT2D eigenvalue weighted by Crippen LogP contribution is 2.30. The predicted molar refractivity (Wildman–Crippen MR) is 79.3 cm³/mol. The Labute approximate surface area is 136 Å². The second-order valence-corrected chi connectivity index (χ2v) is 7.32. The maximum Gasteiger partial charge on any atom is 0.248 e. The first-order valence-electron chi connectivity index (χ1n) is 7.04. The van der Waals surface area contributed by atoms with Crippen LogP contribution in [0.5, 0.6) is 0 Å². The van der Waals surface area contributed by atoms with Gasteiger partial charge in [-0.15, -0.1) is 0 Å². The molecule has 4 nitrogen and oxygen atoms in total. The van der Waals surface area contributed by atoms with Gasteiger partial charge in [-0.2, -0.15) is 4.31 Å². The van der Waals surface area contributed by atoms with Crippen LogP contribution in [0.25, 0.3) is 0 Å². The molecule has 0 atom stereocenters. The maximum atomic E-state index is 13.7. The van der Waals surface area contributed by atoms with Crippen LogP contribution in [-0.4, -0.2) is 31.6 Å². The Hall–Kier alpha value is -2.19. The van der Waals surface area contributed by atoms with Crippen LogP contribution < -0.4 is 0 Å². The van der Waals surface area contributed by atoms with Gasteiger partial charge in [0.1, 0.15) is 17.5 Å². The van der Waals surface area contributed by atoms with E-state index >= 15 is 0 Å². The summed E-state index contributed by atoms with van der Waals surface area (Å²) in [5.41, 5.74) is 0.260. The van der Waals surface area contributed by atoms with Gasteiger partial charge in [0.2, 0.25) is 10.0 Å². The molecule has 2 aromatic rings. The van der Waals surface area contributed by atoms with Crippen LogP contribution in [0.2, 0.25) is 0 Å². The smallest absolute Gasteiger partial charge is 0.248 e. The van der Waals surface area contributed by atoms with Gasteiger partial charge in [0.05, 0.1) is 5.92 Å². The van der Waals surface area contributed by atoms with Crippen molar-refractivity contribution in [2.24, 2.45) is 5.92 Å². The zero-order valence-electron chi connectivity index (χ0n) is 12.2. The summed E-state index contributed by atoms with van der Waals surface area (Å²) in [4.78, 5) is 11.2. The van der Waals surface area contributed by atoms with Crippen LogP contribution in [0.3, 0.4) is 0 Å². The molecule has 1 fully saturated rings. The zero-order valence-corrected chi connectivity index (χ0v) is 13.1. The molecule has 3 rings (SSSR count). The largest absolute Gasteiger partial charge is 0.294 e. The van der Waals surface area contributed by atoms with Crippen molar-refractivity contribution in [1.82, 2.24) is 4.31 Å². The average Bonchev–Trinajstić information content (AvgIpc) is 2.45. The van der Waals surface area contributed by atoms with E-state index in [0.29, 0.717) is 0 Å². The number of carbonyl (C=O) groups excluding carboxylic acids is 1. The maximum absolute atomic E-state index is 13.7. The van der Waals surface area contributed by atoms with Crippen molar-refractivity contribution < 1.29 is 26.4 Å². The predicted octanol–water partition coefficient (Wildman–Crippen LogP) is 2.61. The molecule has 0 aromatic heterocycles. The van der Waals surface area contributed by atoms with Gasteiger partial charge in [-0.25, -0.2) is 21.6 Å². The minimum absolute atomic E-state index is 0.174. The SMILES string of the molecule is O=C(c1ccc(F)cc1)C1CN(S(=O)(=O)c2c(F)cccc2F)C1. The number of halogens is 3. The lowest BCUT2D eigenvalue weighted by molar-refractivity contribution is 0.0797. The molecule has 2 aromatic carbocycles. The van der Waals surface area contributed by atoms with Crippen LogP contribution >= 0.6 is 0 Å². The lowest BCUT2D eigenvalue weighted by Crippen LogP contribution is -2.53. The number of ketones is 1. The van der Waals surface area contributed by atoms with Crippen LogP contribution in [0.4, 0.5) is 13.2 Å². The van der Waals surface area contributed by atoms with Crippen LogP contribution in [0.1, 0.15) is 10.4 Å². The van der Waals surface area contributed by atoms with Crippen molar-refractivity contribution >= 4 is 15.8 Å². The number of sulfonamides is 1. The van der Waals surface area contributed by atoms with E-state index in [-0.39, 0.29) is 24.4 Å². The van der Waals surface area contributed by atoms with Crippen LogP contribution in [0.15, 0.2) is 47.4 Å². The summed E-state index contributed by atoms with van der Waals surface area (Å²) in [5.74, 6) is -3.80. The third-order valence-corrected chi connectivity index (χ3v) is 5.75. The highest BCUT2D eigenvalue weighted by atomic mass is 32.2. The molecule has 0 spiro atoms. The number of nitrogens with zero attached hydrogens (tertiary/aromatic N) is 1. The summed E-state index contributed by atoms with van der Waals surface area (Å²) in [6.07, 6.45) is 0. The summed E-state index contributed by atoms with van der Waals surface area (Å²) in [7, 11) is -4.35. The molecule has 0 aliphatic carbocycles. The molecule has 1 aliphatic heterocycles. The van der Waals surface area contributed by atoms with Crippen LogP contribution in [-0.2, 0) is 10.0 Å². The minimum atomic E-state index is -4.35. The van der Waals surface area contributed by atoms with Crippen molar-refractivity contribution in [2.75, 3.05) is 13.1 Å². The molecule has 0 N–H and O–H groups in total. The fourth-order valence-electron chi connectivity index (χ4n) is 2.51. The second-order valence-electron chi connectivity index (χ2n) is 5.44. The van der Waals surface area contributed by atoms with Gasteiger partial charge in [-0.3, -0.25) is 4.79 Å². The van der Waals surface area contributed by atoms with E-state index in [2.05, 4.69) is 0 Å². The summed E-state index contributed by atoms with van der Waals surface area (Å²) < 4.78 is 65.6. The topological polar surface area (TPSA) is 54.5 Å². The van der Waals surface area contributed by atoms with Gasteiger partial charge in [0.15, 0.2) is 10.7 Å². The molecular formula is C16H12F3NO3S. The molecule has 0 unspecified atom stereocenters. The molecule has 0 radical (unpaired) electrons. The van der Waals surface area contributed by atoms with E-state index in [1.165, 1.54) is 12.1 Å². The summed E-state index contributed by atoms with van der Waals surface area (Å²) in [5, 5.41) is 0. The lowest BCUT2D eigenvalue weighted by atomic mass is 9.93. The summed E-state index contributed by atoms with van der Waals surface area (Å²) >= 11 is 0. The monoisotopic (exact) mass is 355 g/mol. The Balaban J connectivity index is 1.76. The Bertz CT molecular complexity index is 871. The van der Waals surface area contributed by atoms with Crippen molar-refractivity contribution in [3.05, 3.63) is 65.5 Å². The van der Waals surface area contributed by atoms with Crippen molar-refractivity contribution in [3.63, 3.8) is 0 Å². The first kappa shape index (κ1) is 16.7. The number of rotatable bonds is 4. The molecule has 1 heterocycles. The quantitative estimate of drug-likeness (QED) is 0.793. The number of hydrogen-bond donors (Lipinski definition) is 0. The number of hydrogen-bond acceptors (Lipinski definition) is 3. The van der Waals surface area contributed by atoms with Gasteiger partial charge in [0.25, 0.3) is 0 Å². The van der Waals surface area contributed by atoms with E-state index < -0.39 is 38.3 Å². The third-order valence-electron chi connectivity index (χ3n) is 3.86. The standard InChI is InChI=1S/C16H12F3NO3S/c17-12-6-4-10(5-7-12)15(21)11-8-20(9-11)24(22,23)16-13(18)2-1-3-14(16)19/h1-7,11H,8-9H2. The second kappa shape index (κ2) is 6.03. The first-order chi connectivity index (χ1) is 11.3. The lowest BCUT2D eigenvalue weighted by Gasteiger charge is -2.37. The molecule has 0 amide bonds. The van der Waals surface area contributed by atoms with Gasteiger partial charge >= 0.3 is 0 Å². The number of carbonyl (C=O) groups is 1. The van der Waals surface area contributed by atoms with Crippen molar-refractivity contribution in [1.29, 1.82) is 0 Å². The Kier molecular flexibility index (Phi) is 4.18. The van der Waals surface area contributed by atoms with Crippen molar-refractivity contribution in [2.45, 2.75) is 4.90 Å². The molecule has 24 heavy (non-hydrogen) atoms. The Morgan fingerprint density at radius 3 is 2.04 bits per heavy atom. The van der Waals surface area contributed by atoms with E-state index in [9.17, 15) is 26.4 Å². The highest BCUT2D eigenvalue weighted by Gasteiger charge is 2.42. The molecule has 1 saturated heterocycles. The Morgan fingerprint density at radius 2 is 1.50 bits per heavy atom. The van der Waals surface area contributed by atoms with Crippen LogP contribution in [0, 0.1) is 23.4 Å². The molecular weight excluding hydrogens is 343 g/mol. The molecule has 0 bridgehead atoms. The minimum Gasteiger partial charge on any atom is -0.294 e. The van der Waals surface area contributed by atoms with Gasteiger partial charge in [-0.05, 0) is 36.4 Å². The van der Waals surface area contributed by atoms with Gasteiger partial charge in [-0.1, -0.05) is 6.07 Å². The normalized spacial score (nSPS) is 16.0. The zero-order chi connectivity index (χ0) is 17.5. The molecule has 0 saturated carbocycles. The highest BCUT2D eigenvalue weighted by molar-refractivity contribution is 7.89. The number of Topliss-reactive ketones (excluding diaryl/α,β-unsaturated/α-hetero) is 1. The van der Waals surface area contributed by atoms with E-state index in [1.807, 2.05) is 0 Å².